The molecule has 0 atom stereocenters. The standard InChI is InChI=1S/C20H32N4O3S.C2H2O4/c1-22-14-10-18(11-15-22)23(2)16-20(25)21-17-6-8-19(9-7-17)28(26,27)24-12-4-3-5-13-24;3-1(4)2(5)6/h6-9,18H,3-5,10-16H2,1-2H3,(H,21,25);(H,3,4)(H,5,6). The highest BCUT2D eigenvalue weighted by atomic mass is 32.2. The van der Waals surface area contributed by atoms with Crippen LogP contribution >= 0.6 is 0 Å². The van der Waals surface area contributed by atoms with Gasteiger partial charge in [0.15, 0.2) is 0 Å². The number of piperidine rings is 2. The molecule has 2 aliphatic rings. The molecule has 0 aliphatic carbocycles. The quantitative estimate of drug-likeness (QED) is 0.488. The summed E-state index contributed by atoms with van der Waals surface area (Å²) in [7, 11) is 0.676. The number of carboxylic acids is 2. The second-order valence-corrected chi connectivity index (χ2v) is 10.5. The molecule has 34 heavy (non-hydrogen) atoms. The first-order valence-corrected chi connectivity index (χ1v) is 12.7. The molecule has 0 unspecified atom stereocenters. The summed E-state index contributed by atoms with van der Waals surface area (Å²) in [5, 5.41) is 17.7. The summed E-state index contributed by atoms with van der Waals surface area (Å²) in [6.07, 6.45) is 5.06. The van der Waals surface area contributed by atoms with Gasteiger partial charge in [0.1, 0.15) is 0 Å². The maximum absolute atomic E-state index is 12.7. The number of likely N-dealkylation sites (tertiary alicyclic amines) is 1. The zero-order chi connectivity index (χ0) is 25.3. The number of hydrogen-bond donors (Lipinski definition) is 3. The molecular formula is C22H34N4O7S. The van der Waals surface area contributed by atoms with Crippen LogP contribution in [-0.2, 0) is 24.4 Å². The monoisotopic (exact) mass is 498 g/mol. The van der Waals surface area contributed by atoms with Crippen molar-refractivity contribution in [2.45, 2.75) is 43.0 Å². The van der Waals surface area contributed by atoms with Crippen molar-refractivity contribution >= 4 is 33.6 Å². The molecule has 12 heteroatoms. The van der Waals surface area contributed by atoms with E-state index >= 15 is 0 Å². The molecule has 1 amide bonds. The number of benzene rings is 1. The van der Waals surface area contributed by atoms with Gasteiger partial charge in [0.25, 0.3) is 0 Å². The van der Waals surface area contributed by atoms with Gasteiger partial charge in [-0.15, -0.1) is 0 Å². The Morgan fingerprint density at radius 1 is 0.971 bits per heavy atom. The van der Waals surface area contributed by atoms with Gasteiger partial charge in [0.2, 0.25) is 15.9 Å². The highest BCUT2D eigenvalue weighted by Gasteiger charge is 2.26. The fourth-order valence-corrected chi connectivity index (χ4v) is 5.47. The van der Waals surface area contributed by atoms with Crippen LogP contribution in [-0.4, -0.2) is 103 Å². The lowest BCUT2D eigenvalue weighted by Crippen LogP contribution is -2.44. The van der Waals surface area contributed by atoms with Crippen molar-refractivity contribution in [3.63, 3.8) is 0 Å². The first-order chi connectivity index (χ1) is 16.0. The van der Waals surface area contributed by atoms with Crippen LogP contribution in [0.25, 0.3) is 0 Å². The van der Waals surface area contributed by atoms with Gasteiger partial charge in [0, 0.05) is 24.8 Å². The number of nitrogens with zero attached hydrogens (tertiary/aromatic N) is 3. The number of anilines is 1. The maximum atomic E-state index is 12.7. The van der Waals surface area contributed by atoms with E-state index in [4.69, 9.17) is 19.8 Å². The molecule has 2 fully saturated rings. The van der Waals surface area contributed by atoms with Crippen LogP contribution < -0.4 is 5.32 Å². The Bertz CT molecular complexity index is 927. The Balaban J connectivity index is 0.000000604. The van der Waals surface area contributed by atoms with Gasteiger partial charge in [-0.25, -0.2) is 18.0 Å². The third kappa shape index (κ3) is 8.35. The largest absolute Gasteiger partial charge is 0.473 e. The highest BCUT2D eigenvalue weighted by Crippen LogP contribution is 2.22. The number of sulfonamides is 1. The van der Waals surface area contributed by atoms with Crippen molar-refractivity contribution in [2.75, 3.05) is 52.1 Å². The van der Waals surface area contributed by atoms with E-state index in [0.29, 0.717) is 31.4 Å². The molecule has 0 aromatic heterocycles. The topological polar surface area (TPSA) is 148 Å². The Morgan fingerprint density at radius 3 is 2.00 bits per heavy atom. The highest BCUT2D eigenvalue weighted by molar-refractivity contribution is 7.89. The molecule has 2 aliphatic heterocycles. The Labute approximate surface area is 200 Å². The zero-order valence-corrected chi connectivity index (χ0v) is 20.5. The number of aliphatic carboxylic acids is 2. The van der Waals surface area contributed by atoms with Crippen molar-refractivity contribution in [1.82, 2.24) is 14.1 Å². The maximum Gasteiger partial charge on any atom is 0.414 e. The number of carbonyl (C=O) groups is 3. The van der Waals surface area contributed by atoms with Gasteiger partial charge in [0.05, 0.1) is 11.4 Å². The third-order valence-corrected chi connectivity index (χ3v) is 7.89. The Morgan fingerprint density at radius 2 is 1.50 bits per heavy atom. The van der Waals surface area contributed by atoms with E-state index in [0.717, 1.165) is 45.2 Å². The molecular weight excluding hydrogens is 464 g/mol. The van der Waals surface area contributed by atoms with E-state index in [-0.39, 0.29) is 10.8 Å². The molecule has 11 nitrogen and oxygen atoms in total. The van der Waals surface area contributed by atoms with Crippen molar-refractivity contribution in [1.29, 1.82) is 0 Å². The van der Waals surface area contributed by atoms with Crippen molar-refractivity contribution in [2.24, 2.45) is 0 Å². The van der Waals surface area contributed by atoms with Crippen LogP contribution in [0.15, 0.2) is 29.2 Å². The SMILES string of the molecule is CN1CCC(N(C)CC(=O)Nc2ccc(S(=O)(=O)N3CCCCC3)cc2)CC1.O=C(O)C(=O)O. The summed E-state index contributed by atoms with van der Waals surface area (Å²) >= 11 is 0. The predicted octanol–water partition coefficient (Wildman–Crippen LogP) is 0.981. The fraction of sp³-hybridized carbons (Fsp3) is 0.591. The first kappa shape index (κ1) is 27.7. The second kappa shape index (κ2) is 12.8. The molecule has 2 heterocycles. The van der Waals surface area contributed by atoms with E-state index in [1.165, 1.54) is 0 Å². The van der Waals surface area contributed by atoms with Crippen LogP contribution in [0.3, 0.4) is 0 Å². The van der Waals surface area contributed by atoms with Gasteiger partial charge in [-0.2, -0.15) is 4.31 Å². The molecule has 1 aromatic carbocycles. The molecule has 0 bridgehead atoms. The molecule has 0 saturated carbocycles. The summed E-state index contributed by atoms with van der Waals surface area (Å²) < 4.78 is 26.9. The first-order valence-electron chi connectivity index (χ1n) is 11.3. The van der Waals surface area contributed by atoms with Crippen molar-refractivity contribution < 1.29 is 33.0 Å². The van der Waals surface area contributed by atoms with E-state index in [1.807, 2.05) is 7.05 Å². The number of carbonyl (C=O) groups excluding carboxylic acids is 1. The number of nitrogens with one attached hydrogen (secondary N) is 1. The minimum absolute atomic E-state index is 0.0759. The summed E-state index contributed by atoms with van der Waals surface area (Å²) in [5.41, 5.74) is 0.624. The third-order valence-electron chi connectivity index (χ3n) is 5.98. The predicted molar refractivity (Wildman–Crippen MR) is 126 cm³/mol. The van der Waals surface area contributed by atoms with Gasteiger partial charge in [-0.3, -0.25) is 9.69 Å². The lowest BCUT2D eigenvalue weighted by atomic mass is 10.0. The normalized spacial score (nSPS) is 18.1. The number of rotatable bonds is 6. The van der Waals surface area contributed by atoms with Crippen molar-refractivity contribution in [3.05, 3.63) is 24.3 Å². The number of amides is 1. The minimum Gasteiger partial charge on any atom is -0.473 e. The van der Waals surface area contributed by atoms with E-state index in [1.54, 1.807) is 28.6 Å². The van der Waals surface area contributed by atoms with Gasteiger partial charge in [-0.1, -0.05) is 6.42 Å². The average molecular weight is 499 g/mol. The second-order valence-electron chi connectivity index (χ2n) is 8.60. The lowest BCUT2D eigenvalue weighted by molar-refractivity contribution is -0.159. The van der Waals surface area contributed by atoms with Crippen LogP contribution in [0.5, 0.6) is 0 Å². The number of carboxylic acid groups (broad SMARTS) is 2. The Kier molecular flexibility index (Phi) is 10.4. The van der Waals surface area contributed by atoms with E-state index in [2.05, 4.69) is 22.2 Å². The van der Waals surface area contributed by atoms with Crippen molar-refractivity contribution in [3.8, 4) is 0 Å². The summed E-state index contributed by atoms with van der Waals surface area (Å²) in [6.45, 7) is 3.63. The van der Waals surface area contributed by atoms with Crippen LogP contribution in [0.1, 0.15) is 32.1 Å². The molecule has 190 valence electrons. The molecule has 0 radical (unpaired) electrons. The van der Waals surface area contributed by atoms with Crippen LogP contribution in [0.2, 0.25) is 0 Å². The summed E-state index contributed by atoms with van der Waals surface area (Å²) in [5.74, 6) is -3.72. The summed E-state index contributed by atoms with van der Waals surface area (Å²) in [6, 6.07) is 6.94. The smallest absolute Gasteiger partial charge is 0.414 e. The lowest BCUT2D eigenvalue weighted by Gasteiger charge is -2.34. The Hall–Kier alpha value is -2.54. The fourth-order valence-electron chi connectivity index (χ4n) is 3.96. The molecule has 2 saturated heterocycles. The van der Waals surface area contributed by atoms with E-state index in [9.17, 15) is 13.2 Å². The molecule has 3 N–H and O–H groups in total. The number of likely N-dealkylation sites (N-methyl/N-ethyl adjacent to an activating group) is 1. The minimum atomic E-state index is -3.44. The molecule has 0 spiro atoms. The van der Waals surface area contributed by atoms with Crippen LogP contribution in [0.4, 0.5) is 5.69 Å². The van der Waals surface area contributed by atoms with E-state index < -0.39 is 22.0 Å². The molecule has 1 aromatic rings. The van der Waals surface area contributed by atoms with Crippen LogP contribution in [0, 0.1) is 0 Å². The zero-order valence-electron chi connectivity index (χ0n) is 19.6. The van der Waals surface area contributed by atoms with Gasteiger partial charge < -0.3 is 20.4 Å². The number of hydrogen-bond acceptors (Lipinski definition) is 7. The summed E-state index contributed by atoms with van der Waals surface area (Å²) in [4.78, 5) is 35.3. The average Bonchev–Trinajstić information content (AvgIpc) is 2.80. The molecule has 3 rings (SSSR count). The van der Waals surface area contributed by atoms with Gasteiger partial charge >= 0.3 is 11.9 Å². The van der Waals surface area contributed by atoms with Gasteiger partial charge in [-0.05, 0) is 77.1 Å².